The van der Waals surface area contributed by atoms with Crippen LogP contribution in [0.5, 0.6) is 0 Å². The molecule has 6 atom stereocenters. The summed E-state index contributed by atoms with van der Waals surface area (Å²) in [4.78, 5) is 102. The molecule has 2 aromatic carbocycles. The van der Waals surface area contributed by atoms with Crippen molar-refractivity contribution < 1.29 is 33.6 Å². The van der Waals surface area contributed by atoms with Crippen molar-refractivity contribution in [2.45, 2.75) is 101 Å². The molecule has 0 saturated carbocycles. The number of nitrogens with zero attached hydrogens (tertiary/aromatic N) is 1. The van der Waals surface area contributed by atoms with Crippen molar-refractivity contribution in [3.05, 3.63) is 71.9 Å². The molecule has 3 aromatic rings. The number of fused-ring (bicyclic) bond motifs is 1. The van der Waals surface area contributed by atoms with Gasteiger partial charge < -0.3 is 59.8 Å². The van der Waals surface area contributed by atoms with Crippen LogP contribution in [0.4, 0.5) is 0 Å². The Labute approximate surface area is 388 Å². The summed E-state index contributed by atoms with van der Waals surface area (Å²) in [5.41, 5.74) is 24.4. The molecule has 356 valence electrons. The maximum Gasteiger partial charge on any atom is 0.243 e. The lowest BCUT2D eigenvalue weighted by molar-refractivity contribution is -0.135. The fourth-order valence-electron chi connectivity index (χ4n) is 6.96. The van der Waals surface area contributed by atoms with E-state index in [4.69, 9.17) is 22.9 Å². The summed E-state index contributed by atoms with van der Waals surface area (Å²) in [6, 6.07) is 9.75. The van der Waals surface area contributed by atoms with Gasteiger partial charge in [0.1, 0.15) is 36.3 Å². The third kappa shape index (κ3) is 19.1. The first kappa shape index (κ1) is 53.5. The number of aromatic nitrogens is 1. The monoisotopic (exact) mass is 938 g/mol. The number of carbonyl (C=O) groups is 7. The first-order valence-electron chi connectivity index (χ1n) is 21.6. The smallest absolute Gasteiger partial charge is 0.243 e. The minimum atomic E-state index is -1.24. The second-order valence-electron chi connectivity index (χ2n) is 15.5. The minimum absolute atomic E-state index is 0.00502. The van der Waals surface area contributed by atoms with Crippen molar-refractivity contribution in [3.63, 3.8) is 0 Å². The molecular weight excluding hydrogens is 873 g/mol. The fraction of sp³-hybridized carbons (Fsp3) is 0.500. The number of thioether (sulfide) groups is 2. The minimum Gasteiger partial charge on any atom is -0.370 e. The molecule has 65 heavy (non-hydrogen) atoms. The molecule has 15 N–H and O–H groups in total. The lowest BCUT2D eigenvalue weighted by Crippen LogP contribution is -2.60. The number of hydrogen-bond acceptors (Lipinski definition) is 11. The quantitative estimate of drug-likeness (QED) is 0.0240. The van der Waals surface area contributed by atoms with Gasteiger partial charge in [-0.05, 0) is 92.7 Å². The molecule has 0 aliphatic rings. The van der Waals surface area contributed by atoms with Gasteiger partial charge in [-0.2, -0.15) is 23.5 Å². The molecule has 0 aliphatic heterocycles. The number of carbonyl (C=O) groups excluding carboxylic acids is 7. The second-order valence-corrected chi connectivity index (χ2v) is 17.5. The SMILES string of the molecule is CSCC[C@H](NC(=O)[C@H](Cc1c[nH]c2ccccc12)NC(=O)[C@H](CCSC)NC(=O)[C@H](Cc1ccccc1)NC(=O)[C@H](CCCN=C(N)N)NC(C)=O)C(=O)N[C@@H](CCCCN)C(N)=O. The highest BCUT2D eigenvalue weighted by Gasteiger charge is 2.33. The Morgan fingerprint density at radius 3 is 1.63 bits per heavy atom. The normalized spacial score (nSPS) is 13.8. The van der Waals surface area contributed by atoms with Crippen LogP contribution in [0.3, 0.4) is 0 Å². The van der Waals surface area contributed by atoms with Gasteiger partial charge in [0.2, 0.25) is 41.4 Å². The lowest BCUT2D eigenvalue weighted by Gasteiger charge is -2.27. The number of guanidine groups is 1. The van der Waals surface area contributed by atoms with Crippen LogP contribution in [0.25, 0.3) is 10.9 Å². The van der Waals surface area contributed by atoms with Crippen molar-refractivity contribution in [1.82, 2.24) is 36.9 Å². The summed E-state index contributed by atoms with van der Waals surface area (Å²) in [6.07, 6.45) is 7.83. The summed E-state index contributed by atoms with van der Waals surface area (Å²) < 4.78 is 0. The van der Waals surface area contributed by atoms with Gasteiger partial charge in [-0.15, -0.1) is 0 Å². The Kier molecular flexibility index (Phi) is 23.8. The number of amides is 7. The first-order valence-corrected chi connectivity index (χ1v) is 24.4. The molecule has 19 nitrogen and oxygen atoms in total. The van der Waals surface area contributed by atoms with E-state index in [9.17, 15) is 33.6 Å². The van der Waals surface area contributed by atoms with E-state index in [1.54, 1.807) is 30.5 Å². The van der Waals surface area contributed by atoms with Crippen molar-refractivity contribution >= 4 is 81.7 Å². The van der Waals surface area contributed by atoms with E-state index in [0.717, 1.165) is 16.5 Å². The van der Waals surface area contributed by atoms with E-state index < -0.39 is 77.6 Å². The summed E-state index contributed by atoms with van der Waals surface area (Å²) >= 11 is 2.91. The van der Waals surface area contributed by atoms with Crippen molar-refractivity contribution in [3.8, 4) is 0 Å². The zero-order valence-corrected chi connectivity index (χ0v) is 39.0. The molecule has 0 bridgehead atoms. The molecule has 1 heterocycles. The Morgan fingerprint density at radius 2 is 1.09 bits per heavy atom. The van der Waals surface area contributed by atoms with Gasteiger partial charge in [-0.1, -0.05) is 48.5 Å². The molecule has 0 unspecified atom stereocenters. The lowest BCUT2D eigenvalue weighted by atomic mass is 10.0. The van der Waals surface area contributed by atoms with E-state index in [-0.39, 0.29) is 51.0 Å². The maximum absolute atomic E-state index is 14.4. The van der Waals surface area contributed by atoms with Gasteiger partial charge >= 0.3 is 0 Å². The van der Waals surface area contributed by atoms with Crippen LogP contribution in [0, 0.1) is 0 Å². The van der Waals surface area contributed by atoms with Crippen LogP contribution >= 0.6 is 23.5 Å². The standard InChI is InChI=1S/C44H66N12O7S2/c1-27(57)51-33(17-11-21-49-44(47)48)39(59)55-36(24-28-12-5-4-6-13-28)42(62)53-35(19-23-65-3)41(61)56-37(25-29-26-50-31-15-8-7-14-30(29)31)43(63)54-34(18-22-64-2)40(60)52-32(38(46)58)16-9-10-20-45/h4-8,12-15,26,32-37,50H,9-11,16-25,45H2,1-3H3,(H2,46,58)(H,51,57)(H,52,60)(H,53,62)(H,54,63)(H,55,59)(H,56,61)(H4,47,48,49)/t32-,33-,34-,35-,36-,37-/m0/s1. The highest BCUT2D eigenvalue weighted by molar-refractivity contribution is 7.98. The van der Waals surface area contributed by atoms with E-state index >= 15 is 0 Å². The predicted molar refractivity (Wildman–Crippen MR) is 257 cm³/mol. The molecular formula is C44H66N12O7S2. The van der Waals surface area contributed by atoms with Crippen LogP contribution in [0.15, 0.2) is 65.8 Å². The van der Waals surface area contributed by atoms with Gasteiger partial charge in [0, 0.05) is 43.4 Å². The zero-order valence-electron chi connectivity index (χ0n) is 37.4. The number of nitrogens with one attached hydrogen (secondary N) is 7. The summed E-state index contributed by atoms with van der Waals surface area (Å²) in [7, 11) is 0. The van der Waals surface area contributed by atoms with Gasteiger partial charge in [0.05, 0.1) is 0 Å². The Balaban J connectivity index is 1.94. The number of primary amides is 1. The van der Waals surface area contributed by atoms with E-state index in [0.29, 0.717) is 42.9 Å². The number of benzene rings is 2. The third-order valence-electron chi connectivity index (χ3n) is 10.4. The van der Waals surface area contributed by atoms with E-state index in [1.165, 1.54) is 30.4 Å². The summed E-state index contributed by atoms with van der Waals surface area (Å²) in [5, 5.41) is 17.4. The molecule has 0 saturated heterocycles. The van der Waals surface area contributed by atoms with Gasteiger partial charge in [-0.25, -0.2) is 0 Å². The number of H-pyrrole nitrogens is 1. The topological polar surface area (TPSA) is 324 Å². The van der Waals surface area contributed by atoms with E-state index in [1.807, 2.05) is 42.8 Å². The second kappa shape index (κ2) is 28.9. The average Bonchev–Trinajstić information content (AvgIpc) is 3.68. The molecule has 0 radical (unpaired) electrons. The van der Waals surface area contributed by atoms with Crippen LogP contribution in [-0.2, 0) is 46.4 Å². The largest absolute Gasteiger partial charge is 0.370 e. The summed E-state index contributed by atoms with van der Waals surface area (Å²) in [5.74, 6) is -3.61. The van der Waals surface area contributed by atoms with E-state index in [2.05, 4.69) is 41.9 Å². The Morgan fingerprint density at radius 1 is 0.600 bits per heavy atom. The number of aromatic amines is 1. The van der Waals surface area contributed by atoms with Gasteiger partial charge in [-0.3, -0.25) is 38.6 Å². The first-order chi connectivity index (χ1) is 31.2. The number of rotatable bonds is 30. The highest BCUT2D eigenvalue weighted by Crippen LogP contribution is 2.20. The Bertz CT molecular complexity index is 2050. The van der Waals surface area contributed by atoms with Crippen molar-refractivity contribution in [1.29, 1.82) is 0 Å². The number of hydrogen-bond donors (Lipinski definition) is 11. The molecule has 0 spiro atoms. The predicted octanol–water partition coefficient (Wildman–Crippen LogP) is 0.0559. The van der Waals surface area contributed by atoms with Crippen LogP contribution in [0.1, 0.15) is 63.0 Å². The van der Waals surface area contributed by atoms with Crippen molar-refractivity contribution in [2.24, 2.45) is 27.9 Å². The fourth-order valence-corrected chi connectivity index (χ4v) is 7.90. The molecule has 0 aliphatic carbocycles. The van der Waals surface area contributed by atoms with Crippen molar-refractivity contribution in [2.75, 3.05) is 37.1 Å². The van der Waals surface area contributed by atoms with Gasteiger partial charge in [0.25, 0.3) is 0 Å². The maximum atomic E-state index is 14.4. The van der Waals surface area contributed by atoms with Crippen LogP contribution in [0.2, 0.25) is 0 Å². The molecule has 7 amide bonds. The highest BCUT2D eigenvalue weighted by atomic mass is 32.2. The third-order valence-corrected chi connectivity index (χ3v) is 11.7. The molecule has 21 heteroatoms. The average molecular weight is 939 g/mol. The van der Waals surface area contributed by atoms with Crippen LogP contribution in [-0.4, -0.2) is 126 Å². The number of nitrogens with two attached hydrogens (primary N) is 4. The van der Waals surface area contributed by atoms with Crippen LogP contribution < -0.4 is 54.8 Å². The molecule has 1 aromatic heterocycles. The Hall–Kier alpha value is -5.80. The summed E-state index contributed by atoms with van der Waals surface area (Å²) in [6.45, 7) is 1.89. The van der Waals surface area contributed by atoms with Gasteiger partial charge in [0.15, 0.2) is 5.96 Å². The molecule has 0 fully saturated rings. The number of unbranched alkanes of at least 4 members (excludes halogenated alkanes) is 1. The zero-order chi connectivity index (χ0) is 47.7. The number of aliphatic imine (C=N–C) groups is 1. The number of para-hydroxylation sites is 1. The molecule has 3 rings (SSSR count).